The number of amides is 2. The Morgan fingerprint density at radius 2 is 1.44 bits per heavy atom. The lowest BCUT2D eigenvalue weighted by atomic mass is 9.78. The van der Waals surface area contributed by atoms with Crippen LogP contribution in [0, 0.1) is 0 Å². The average molecular weight is 355 g/mol. The fourth-order valence-electron chi connectivity index (χ4n) is 4.24. The van der Waals surface area contributed by atoms with E-state index < -0.39 is 5.60 Å². The molecular weight excluding hydrogens is 338 g/mol. The maximum atomic E-state index is 13.6. The maximum absolute atomic E-state index is 13.6. The van der Waals surface area contributed by atoms with Crippen molar-refractivity contribution in [1.82, 2.24) is 0 Å². The molecule has 5 rings (SSSR count). The molecule has 2 heterocycles. The number of hydrogen-bond acceptors (Lipinski definition) is 3. The maximum Gasteiger partial charge on any atom is 0.279 e. The molecule has 2 aliphatic heterocycles. The van der Waals surface area contributed by atoms with Gasteiger partial charge >= 0.3 is 0 Å². The molecule has 1 saturated heterocycles. The van der Waals surface area contributed by atoms with Crippen molar-refractivity contribution in [2.45, 2.75) is 17.9 Å². The molecule has 3 aromatic rings. The number of rotatable bonds is 2. The van der Waals surface area contributed by atoms with Crippen molar-refractivity contribution >= 4 is 17.5 Å². The van der Waals surface area contributed by atoms with Crippen LogP contribution in [0.2, 0.25) is 0 Å². The molecule has 4 nitrogen and oxygen atoms in total. The van der Waals surface area contributed by atoms with Crippen molar-refractivity contribution in [3.8, 4) is 5.75 Å². The standard InChI is InChI=1S/C23H17NO3/c25-20-15-23(22(26)24(20)17-11-5-2-6-12-17)21(16-9-3-1-4-10-16)18-13-7-8-14-19(18)27-23/h1-14,21H,15H2. The molecule has 2 atom stereocenters. The van der Waals surface area contributed by atoms with Crippen LogP contribution < -0.4 is 9.64 Å². The second-order valence-corrected chi connectivity index (χ2v) is 6.92. The third-order valence-electron chi connectivity index (χ3n) is 5.36. The Balaban J connectivity index is 1.67. The van der Waals surface area contributed by atoms with Gasteiger partial charge in [0, 0.05) is 5.56 Å². The Labute approximate surface area is 157 Å². The molecule has 0 N–H and O–H groups in total. The largest absolute Gasteiger partial charge is 0.476 e. The monoisotopic (exact) mass is 355 g/mol. The van der Waals surface area contributed by atoms with Gasteiger partial charge in [-0.15, -0.1) is 0 Å². The number of nitrogens with zero attached hydrogens (tertiary/aromatic N) is 1. The van der Waals surface area contributed by atoms with Crippen LogP contribution in [0.1, 0.15) is 23.5 Å². The molecule has 4 heteroatoms. The van der Waals surface area contributed by atoms with E-state index in [0.717, 1.165) is 11.1 Å². The van der Waals surface area contributed by atoms with Gasteiger partial charge in [0.15, 0.2) is 0 Å². The predicted octanol–water partition coefficient (Wildman–Crippen LogP) is 3.91. The SMILES string of the molecule is O=C1CC2(Oc3ccccc3C2c2ccccc2)C(=O)N1c1ccccc1. The van der Waals surface area contributed by atoms with Crippen LogP contribution in [0.4, 0.5) is 5.69 Å². The van der Waals surface area contributed by atoms with Gasteiger partial charge in [0.1, 0.15) is 5.75 Å². The number of carbonyl (C=O) groups excluding carboxylic acids is 2. The summed E-state index contributed by atoms with van der Waals surface area (Å²) < 4.78 is 6.24. The molecule has 0 saturated carbocycles. The third-order valence-corrected chi connectivity index (χ3v) is 5.36. The molecule has 0 bridgehead atoms. The molecule has 1 fully saturated rings. The molecule has 0 aromatic heterocycles. The molecule has 1 spiro atoms. The third kappa shape index (κ3) is 2.23. The summed E-state index contributed by atoms with van der Waals surface area (Å²) in [7, 11) is 0. The second-order valence-electron chi connectivity index (χ2n) is 6.92. The zero-order chi connectivity index (χ0) is 18.4. The molecule has 2 amide bonds. The van der Waals surface area contributed by atoms with E-state index in [-0.39, 0.29) is 24.2 Å². The summed E-state index contributed by atoms with van der Waals surface area (Å²) in [6.07, 6.45) is 0.0228. The lowest BCUT2D eigenvalue weighted by Crippen LogP contribution is -2.47. The first kappa shape index (κ1) is 15.8. The number of hydrogen-bond donors (Lipinski definition) is 0. The normalized spacial score (nSPS) is 23.6. The van der Waals surface area contributed by atoms with E-state index in [1.54, 1.807) is 12.1 Å². The first-order valence-corrected chi connectivity index (χ1v) is 8.96. The van der Waals surface area contributed by atoms with E-state index in [1.807, 2.05) is 72.8 Å². The molecule has 2 unspecified atom stereocenters. The number of fused-ring (bicyclic) bond motifs is 1. The van der Waals surface area contributed by atoms with Crippen LogP contribution in [-0.2, 0) is 9.59 Å². The second kappa shape index (κ2) is 5.81. The van der Waals surface area contributed by atoms with Crippen LogP contribution in [-0.4, -0.2) is 17.4 Å². The van der Waals surface area contributed by atoms with Crippen LogP contribution in [0.5, 0.6) is 5.75 Å². The smallest absolute Gasteiger partial charge is 0.279 e. The summed E-state index contributed by atoms with van der Waals surface area (Å²) in [5, 5.41) is 0. The van der Waals surface area contributed by atoms with Crippen molar-refractivity contribution < 1.29 is 14.3 Å². The quantitative estimate of drug-likeness (QED) is 0.655. The van der Waals surface area contributed by atoms with Gasteiger partial charge in [-0.05, 0) is 23.8 Å². The fourth-order valence-corrected chi connectivity index (χ4v) is 4.24. The Bertz CT molecular complexity index is 1030. The van der Waals surface area contributed by atoms with Gasteiger partial charge in [-0.1, -0.05) is 66.7 Å². The first-order chi connectivity index (χ1) is 13.2. The highest BCUT2D eigenvalue weighted by Gasteiger charge is 2.63. The van der Waals surface area contributed by atoms with E-state index in [1.165, 1.54) is 4.90 Å². The molecule has 132 valence electrons. The average Bonchev–Trinajstić information content (AvgIpc) is 3.16. The molecule has 2 aliphatic rings. The van der Waals surface area contributed by atoms with E-state index in [0.29, 0.717) is 11.4 Å². The Hall–Kier alpha value is -3.40. The van der Waals surface area contributed by atoms with Crippen LogP contribution in [0.15, 0.2) is 84.9 Å². The number of ether oxygens (including phenoxy) is 1. The van der Waals surface area contributed by atoms with Crippen LogP contribution in [0.3, 0.4) is 0 Å². The molecule has 0 aliphatic carbocycles. The minimum atomic E-state index is -1.24. The van der Waals surface area contributed by atoms with Gasteiger partial charge in [0.25, 0.3) is 5.91 Å². The van der Waals surface area contributed by atoms with Crippen molar-refractivity contribution in [2.24, 2.45) is 0 Å². The van der Waals surface area contributed by atoms with Crippen molar-refractivity contribution in [2.75, 3.05) is 4.90 Å². The van der Waals surface area contributed by atoms with Crippen molar-refractivity contribution in [1.29, 1.82) is 0 Å². The predicted molar refractivity (Wildman–Crippen MR) is 102 cm³/mol. The summed E-state index contributed by atoms with van der Waals surface area (Å²) in [5.41, 5.74) is 1.26. The molecule has 27 heavy (non-hydrogen) atoms. The van der Waals surface area contributed by atoms with E-state index in [4.69, 9.17) is 4.74 Å². The fraction of sp³-hybridized carbons (Fsp3) is 0.130. The number of para-hydroxylation sites is 2. The first-order valence-electron chi connectivity index (χ1n) is 8.96. The number of benzene rings is 3. The Morgan fingerprint density at radius 3 is 2.19 bits per heavy atom. The summed E-state index contributed by atoms with van der Waals surface area (Å²) in [6, 6.07) is 26.5. The topological polar surface area (TPSA) is 46.6 Å². The molecule has 0 radical (unpaired) electrons. The minimum absolute atomic E-state index is 0.0228. The summed E-state index contributed by atoms with van der Waals surface area (Å²) >= 11 is 0. The lowest BCUT2D eigenvalue weighted by molar-refractivity contribution is -0.130. The van der Waals surface area contributed by atoms with Gasteiger partial charge in [-0.25, -0.2) is 4.90 Å². The highest BCUT2D eigenvalue weighted by Crippen LogP contribution is 2.53. The van der Waals surface area contributed by atoms with Crippen molar-refractivity contribution in [3.05, 3.63) is 96.1 Å². The van der Waals surface area contributed by atoms with Gasteiger partial charge in [0.05, 0.1) is 18.0 Å². The number of imide groups is 1. The lowest BCUT2D eigenvalue weighted by Gasteiger charge is -2.28. The summed E-state index contributed by atoms with van der Waals surface area (Å²) in [5.74, 6) is -0.189. The summed E-state index contributed by atoms with van der Waals surface area (Å²) in [6.45, 7) is 0. The van der Waals surface area contributed by atoms with Gasteiger partial charge in [-0.3, -0.25) is 9.59 Å². The van der Waals surface area contributed by atoms with E-state index in [9.17, 15) is 9.59 Å². The van der Waals surface area contributed by atoms with Gasteiger partial charge in [-0.2, -0.15) is 0 Å². The van der Waals surface area contributed by atoms with Crippen LogP contribution >= 0.6 is 0 Å². The highest BCUT2D eigenvalue weighted by atomic mass is 16.5. The molecule has 3 aromatic carbocycles. The zero-order valence-corrected chi connectivity index (χ0v) is 14.5. The Kier molecular flexibility index (Phi) is 3.41. The minimum Gasteiger partial charge on any atom is -0.476 e. The zero-order valence-electron chi connectivity index (χ0n) is 14.5. The van der Waals surface area contributed by atoms with E-state index >= 15 is 0 Å². The van der Waals surface area contributed by atoms with Crippen molar-refractivity contribution in [3.63, 3.8) is 0 Å². The van der Waals surface area contributed by atoms with Crippen LogP contribution in [0.25, 0.3) is 0 Å². The number of anilines is 1. The van der Waals surface area contributed by atoms with Gasteiger partial charge in [0.2, 0.25) is 11.5 Å². The van der Waals surface area contributed by atoms with E-state index in [2.05, 4.69) is 0 Å². The number of carbonyl (C=O) groups is 2. The Morgan fingerprint density at radius 1 is 0.815 bits per heavy atom. The van der Waals surface area contributed by atoms with Gasteiger partial charge < -0.3 is 4.74 Å². The molecular formula is C23H17NO3. The highest BCUT2D eigenvalue weighted by molar-refractivity contribution is 6.24. The summed E-state index contributed by atoms with van der Waals surface area (Å²) in [4.78, 5) is 27.7.